The molecule has 3 rings (SSSR count). The van der Waals surface area contributed by atoms with Gasteiger partial charge >= 0.3 is 0 Å². The number of anilines is 1. The molecule has 1 fully saturated rings. The summed E-state index contributed by atoms with van der Waals surface area (Å²) in [5.41, 5.74) is 2.25. The third-order valence-electron chi connectivity index (χ3n) is 4.86. The molecular weight excluding hydrogens is 306 g/mol. The van der Waals surface area contributed by atoms with Crippen LogP contribution in [0, 0.1) is 6.92 Å². The van der Waals surface area contributed by atoms with E-state index in [9.17, 15) is 4.79 Å². The Balaban J connectivity index is 1.76. The third-order valence-corrected chi connectivity index (χ3v) is 4.86. The van der Waals surface area contributed by atoms with Crippen LogP contribution in [0.3, 0.4) is 0 Å². The predicted octanol–water partition coefficient (Wildman–Crippen LogP) is 2.39. The third kappa shape index (κ3) is 3.17. The smallest absolute Gasteiger partial charge is 0.261 e. The van der Waals surface area contributed by atoms with Gasteiger partial charge in [-0.2, -0.15) is 15.3 Å². The van der Waals surface area contributed by atoms with Gasteiger partial charge in [-0.15, -0.1) is 0 Å². The minimum absolute atomic E-state index is 0.0858. The fourth-order valence-electron chi connectivity index (χ4n) is 3.31. The van der Waals surface area contributed by atoms with Crippen LogP contribution >= 0.6 is 0 Å². The highest BCUT2D eigenvalue weighted by atomic mass is 16.5. The molecule has 0 N–H and O–H groups in total. The van der Waals surface area contributed by atoms with Gasteiger partial charge in [-0.25, -0.2) is 0 Å². The Kier molecular flexibility index (Phi) is 4.89. The first-order chi connectivity index (χ1) is 11.6. The molecule has 0 spiro atoms. The number of amides is 1. The number of carbonyl (C=O) groups excluding carboxylic acids is 1. The Morgan fingerprint density at radius 2 is 2.00 bits per heavy atom. The Morgan fingerprint density at radius 3 is 2.62 bits per heavy atom. The molecule has 1 saturated carbocycles. The van der Waals surface area contributed by atoms with E-state index in [1.54, 1.807) is 43.7 Å². The molecular formula is C17H23N5O2. The quantitative estimate of drug-likeness (QED) is 0.861. The molecule has 0 bridgehead atoms. The number of hydrogen-bond acceptors (Lipinski definition) is 5. The van der Waals surface area contributed by atoms with Crippen molar-refractivity contribution in [2.75, 3.05) is 19.1 Å². The molecule has 0 radical (unpaired) electrons. The molecule has 2 aromatic heterocycles. The van der Waals surface area contributed by atoms with Crippen LogP contribution in [0.25, 0.3) is 0 Å². The first kappa shape index (κ1) is 16.6. The van der Waals surface area contributed by atoms with Crippen LogP contribution in [0.1, 0.15) is 47.8 Å². The molecule has 24 heavy (non-hydrogen) atoms. The normalized spacial score (nSPS) is 20.8. The summed E-state index contributed by atoms with van der Waals surface area (Å²) < 4.78 is 7.43. The van der Waals surface area contributed by atoms with E-state index in [4.69, 9.17) is 4.74 Å². The van der Waals surface area contributed by atoms with Crippen molar-refractivity contribution in [2.45, 2.75) is 44.8 Å². The SMILES string of the molecule is COC1CCC(n2ncc(C(=O)N(C)c3ccnnc3)c2C)CC1. The molecule has 1 aliphatic carbocycles. The lowest BCUT2D eigenvalue weighted by atomic mass is 9.93. The maximum Gasteiger partial charge on any atom is 0.261 e. The van der Waals surface area contributed by atoms with Gasteiger partial charge in [0.1, 0.15) is 0 Å². The topological polar surface area (TPSA) is 73.1 Å². The van der Waals surface area contributed by atoms with Crippen molar-refractivity contribution >= 4 is 11.6 Å². The highest BCUT2D eigenvalue weighted by Gasteiger charge is 2.26. The van der Waals surface area contributed by atoms with Crippen molar-refractivity contribution < 1.29 is 9.53 Å². The van der Waals surface area contributed by atoms with E-state index in [0.717, 1.165) is 31.4 Å². The lowest BCUT2D eigenvalue weighted by Gasteiger charge is -2.28. The number of hydrogen-bond donors (Lipinski definition) is 0. The molecule has 0 aromatic carbocycles. The summed E-state index contributed by atoms with van der Waals surface area (Å²) in [6, 6.07) is 2.10. The second kappa shape index (κ2) is 7.09. The second-order valence-corrected chi connectivity index (χ2v) is 6.22. The van der Waals surface area contributed by atoms with Crippen molar-refractivity contribution in [2.24, 2.45) is 0 Å². The van der Waals surface area contributed by atoms with Gasteiger partial charge in [0, 0.05) is 19.9 Å². The van der Waals surface area contributed by atoms with Crippen LogP contribution < -0.4 is 4.90 Å². The van der Waals surface area contributed by atoms with Crippen LogP contribution in [-0.4, -0.2) is 46.1 Å². The largest absolute Gasteiger partial charge is 0.381 e. The maximum absolute atomic E-state index is 12.8. The first-order valence-corrected chi connectivity index (χ1v) is 8.23. The highest BCUT2D eigenvalue weighted by Crippen LogP contribution is 2.31. The lowest BCUT2D eigenvalue weighted by molar-refractivity contribution is 0.0565. The number of rotatable bonds is 4. The molecule has 7 heteroatoms. The summed E-state index contributed by atoms with van der Waals surface area (Å²) in [7, 11) is 3.50. The van der Waals surface area contributed by atoms with Gasteiger partial charge in [-0.05, 0) is 38.7 Å². The number of carbonyl (C=O) groups is 1. The monoisotopic (exact) mass is 329 g/mol. The molecule has 0 atom stereocenters. The second-order valence-electron chi connectivity index (χ2n) is 6.22. The van der Waals surface area contributed by atoms with E-state index >= 15 is 0 Å². The van der Waals surface area contributed by atoms with Gasteiger partial charge in [0.15, 0.2) is 0 Å². The number of ether oxygens (including phenoxy) is 1. The van der Waals surface area contributed by atoms with Crippen molar-refractivity contribution in [3.8, 4) is 0 Å². The maximum atomic E-state index is 12.8. The van der Waals surface area contributed by atoms with Gasteiger partial charge in [-0.3, -0.25) is 9.48 Å². The number of methoxy groups -OCH3 is 1. The molecule has 0 unspecified atom stereocenters. The standard InChI is InChI=1S/C17H23N5O2/c1-12-16(17(23)21(2)14-8-9-18-19-10-14)11-20-22(12)13-4-6-15(24-3)7-5-13/h8-11,13,15H,4-7H2,1-3H3. The van der Waals surface area contributed by atoms with Crippen LogP contribution in [-0.2, 0) is 4.74 Å². The average Bonchev–Trinajstić information content (AvgIpc) is 3.02. The van der Waals surface area contributed by atoms with Gasteiger partial charge < -0.3 is 9.64 Å². The fraction of sp³-hybridized carbons (Fsp3) is 0.529. The predicted molar refractivity (Wildman–Crippen MR) is 90.0 cm³/mol. The zero-order valence-electron chi connectivity index (χ0n) is 14.3. The molecule has 0 aliphatic heterocycles. The van der Waals surface area contributed by atoms with E-state index in [2.05, 4.69) is 15.3 Å². The Bertz CT molecular complexity index is 692. The van der Waals surface area contributed by atoms with Gasteiger partial charge in [-0.1, -0.05) is 0 Å². The van der Waals surface area contributed by atoms with Crippen LogP contribution in [0.15, 0.2) is 24.7 Å². The summed E-state index contributed by atoms with van der Waals surface area (Å²) in [5, 5.41) is 12.1. The Labute approximate surface area is 141 Å². The van der Waals surface area contributed by atoms with E-state index in [-0.39, 0.29) is 5.91 Å². The fourth-order valence-corrected chi connectivity index (χ4v) is 3.31. The summed E-state index contributed by atoms with van der Waals surface area (Å²) in [5.74, 6) is -0.0858. The van der Waals surface area contributed by atoms with E-state index < -0.39 is 0 Å². The molecule has 7 nitrogen and oxygen atoms in total. The van der Waals surface area contributed by atoms with Crippen LogP contribution in [0.5, 0.6) is 0 Å². The number of aromatic nitrogens is 4. The zero-order chi connectivity index (χ0) is 17.1. The average molecular weight is 329 g/mol. The summed E-state index contributed by atoms with van der Waals surface area (Å²) in [6.45, 7) is 1.96. The van der Waals surface area contributed by atoms with E-state index in [0.29, 0.717) is 23.4 Å². The Hall–Kier alpha value is -2.28. The zero-order valence-corrected chi connectivity index (χ0v) is 14.3. The summed E-state index contributed by atoms with van der Waals surface area (Å²) in [4.78, 5) is 14.3. The molecule has 1 amide bonds. The first-order valence-electron chi connectivity index (χ1n) is 8.23. The summed E-state index contributed by atoms with van der Waals surface area (Å²) >= 11 is 0. The molecule has 128 valence electrons. The molecule has 1 aliphatic rings. The van der Waals surface area contributed by atoms with Gasteiger partial charge in [0.05, 0.1) is 42.0 Å². The minimum Gasteiger partial charge on any atom is -0.381 e. The minimum atomic E-state index is -0.0858. The Morgan fingerprint density at radius 1 is 1.25 bits per heavy atom. The molecule has 2 heterocycles. The van der Waals surface area contributed by atoms with Crippen molar-refractivity contribution in [3.63, 3.8) is 0 Å². The van der Waals surface area contributed by atoms with Crippen LogP contribution in [0.2, 0.25) is 0 Å². The van der Waals surface area contributed by atoms with E-state index in [1.807, 2.05) is 11.6 Å². The van der Waals surface area contributed by atoms with Gasteiger partial charge in [0.2, 0.25) is 0 Å². The summed E-state index contributed by atoms with van der Waals surface area (Å²) in [6.07, 6.45) is 9.29. The van der Waals surface area contributed by atoms with Crippen LogP contribution in [0.4, 0.5) is 5.69 Å². The molecule has 0 saturated heterocycles. The van der Waals surface area contributed by atoms with Crippen molar-refractivity contribution in [3.05, 3.63) is 35.9 Å². The number of nitrogens with zero attached hydrogens (tertiary/aromatic N) is 5. The molecule has 2 aromatic rings. The van der Waals surface area contributed by atoms with Gasteiger partial charge in [0.25, 0.3) is 5.91 Å². The van der Waals surface area contributed by atoms with Crippen molar-refractivity contribution in [1.82, 2.24) is 20.0 Å². The lowest BCUT2D eigenvalue weighted by Crippen LogP contribution is -2.27. The highest BCUT2D eigenvalue weighted by molar-refractivity contribution is 6.06. The van der Waals surface area contributed by atoms with E-state index in [1.165, 1.54) is 0 Å². The van der Waals surface area contributed by atoms with Crippen molar-refractivity contribution in [1.29, 1.82) is 0 Å².